The molecule has 1 heterocycles. The van der Waals surface area contributed by atoms with E-state index < -0.39 is 12.1 Å². The summed E-state index contributed by atoms with van der Waals surface area (Å²) in [6.07, 6.45) is -3.67. The van der Waals surface area contributed by atoms with Gasteiger partial charge >= 0.3 is 12.1 Å². The van der Waals surface area contributed by atoms with Gasteiger partial charge in [0.15, 0.2) is 0 Å². The molecule has 1 aromatic rings. The molecule has 0 radical (unpaired) electrons. The van der Waals surface area contributed by atoms with Crippen LogP contribution in [0.25, 0.3) is 0 Å². The molecule has 108 valence electrons. The number of aryl methyl sites for hydroxylation is 1. The van der Waals surface area contributed by atoms with Gasteiger partial charge in [0.25, 0.3) is 0 Å². The largest absolute Gasteiger partial charge is 0.471 e. The average molecular weight is 286 g/mol. The van der Waals surface area contributed by atoms with Crippen molar-refractivity contribution in [1.29, 1.82) is 0 Å². The number of hydrogen-bond donors (Lipinski definition) is 1. The maximum Gasteiger partial charge on any atom is 0.471 e. The number of alkyl halides is 3. The first-order valence-electron chi connectivity index (χ1n) is 6.08. The summed E-state index contributed by atoms with van der Waals surface area (Å²) in [4.78, 5) is 24.1. The molecule has 0 aromatic heterocycles. The van der Waals surface area contributed by atoms with Crippen molar-refractivity contribution in [3.63, 3.8) is 0 Å². The third kappa shape index (κ3) is 2.92. The van der Waals surface area contributed by atoms with Gasteiger partial charge in [-0.3, -0.25) is 9.59 Å². The van der Waals surface area contributed by atoms with Crippen LogP contribution in [0, 0.1) is 6.92 Å². The molecule has 1 aliphatic heterocycles. The number of hydrogen-bond acceptors (Lipinski definition) is 2. The summed E-state index contributed by atoms with van der Waals surface area (Å²) in [5.41, 5.74) is 1.36. The van der Waals surface area contributed by atoms with Crippen LogP contribution in [0.5, 0.6) is 0 Å². The minimum absolute atomic E-state index is 0.000164. The van der Waals surface area contributed by atoms with E-state index in [1.807, 2.05) is 0 Å². The Morgan fingerprint density at radius 3 is 2.55 bits per heavy atom. The molecule has 1 N–H and O–H groups in total. The molecule has 4 nitrogen and oxygen atoms in total. The lowest BCUT2D eigenvalue weighted by Crippen LogP contribution is -2.30. The molecule has 2 rings (SSSR count). The number of carbonyl (C=O) groups excluding carboxylic acids is 2. The zero-order valence-electron chi connectivity index (χ0n) is 10.8. The van der Waals surface area contributed by atoms with E-state index in [1.54, 1.807) is 23.2 Å². The summed E-state index contributed by atoms with van der Waals surface area (Å²) in [7, 11) is 0. The summed E-state index contributed by atoms with van der Waals surface area (Å²) in [6, 6.07) is 4.33. The molecule has 0 spiro atoms. The van der Waals surface area contributed by atoms with E-state index in [0.29, 0.717) is 24.2 Å². The molecule has 0 atom stereocenters. The maximum atomic E-state index is 12.1. The molecule has 20 heavy (non-hydrogen) atoms. The van der Waals surface area contributed by atoms with E-state index in [9.17, 15) is 22.8 Å². The second-order valence-corrected chi connectivity index (χ2v) is 4.60. The summed E-state index contributed by atoms with van der Waals surface area (Å²) < 4.78 is 36.4. The second kappa shape index (κ2) is 5.15. The van der Waals surface area contributed by atoms with E-state index in [-0.39, 0.29) is 11.6 Å². The highest BCUT2D eigenvalue weighted by atomic mass is 19.4. The van der Waals surface area contributed by atoms with Crippen molar-refractivity contribution < 1.29 is 22.8 Å². The number of amides is 2. The zero-order chi connectivity index (χ0) is 14.9. The van der Waals surface area contributed by atoms with Crippen LogP contribution < -0.4 is 10.2 Å². The van der Waals surface area contributed by atoms with Crippen LogP contribution >= 0.6 is 0 Å². The highest BCUT2D eigenvalue weighted by Gasteiger charge is 2.38. The molecule has 1 saturated heterocycles. The fourth-order valence-electron chi connectivity index (χ4n) is 2.14. The number of anilines is 2. The average Bonchev–Trinajstić information content (AvgIpc) is 2.74. The maximum absolute atomic E-state index is 12.1. The van der Waals surface area contributed by atoms with Gasteiger partial charge < -0.3 is 10.2 Å². The SMILES string of the molecule is Cc1cc(NC(=O)C(F)(F)F)ccc1N1CCCC1=O. The highest BCUT2D eigenvalue weighted by molar-refractivity contribution is 5.97. The van der Waals surface area contributed by atoms with E-state index in [2.05, 4.69) is 0 Å². The Hall–Kier alpha value is -2.05. The third-order valence-corrected chi connectivity index (χ3v) is 3.08. The smallest absolute Gasteiger partial charge is 0.318 e. The van der Waals surface area contributed by atoms with Gasteiger partial charge in [0.05, 0.1) is 0 Å². The first-order valence-corrected chi connectivity index (χ1v) is 6.08. The summed E-state index contributed by atoms with van der Waals surface area (Å²) in [6.45, 7) is 2.29. The van der Waals surface area contributed by atoms with Gasteiger partial charge in [0.2, 0.25) is 5.91 Å². The normalized spacial score (nSPS) is 15.6. The number of carbonyl (C=O) groups is 2. The highest BCUT2D eigenvalue weighted by Crippen LogP contribution is 2.28. The summed E-state index contributed by atoms with van der Waals surface area (Å²) >= 11 is 0. The number of rotatable bonds is 2. The van der Waals surface area contributed by atoms with Gasteiger partial charge in [-0.05, 0) is 37.1 Å². The van der Waals surface area contributed by atoms with E-state index >= 15 is 0 Å². The Kier molecular flexibility index (Phi) is 3.69. The van der Waals surface area contributed by atoms with Crippen LogP contribution in [-0.2, 0) is 9.59 Å². The van der Waals surface area contributed by atoms with Crippen LogP contribution in [0.1, 0.15) is 18.4 Å². The van der Waals surface area contributed by atoms with E-state index in [4.69, 9.17) is 0 Å². The summed E-state index contributed by atoms with van der Waals surface area (Å²) in [5.74, 6) is -2.01. The molecule has 1 aromatic carbocycles. The predicted molar refractivity (Wildman–Crippen MR) is 67.5 cm³/mol. The first kappa shape index (κ1) is 14.4. The molecule has 2 amide bonds. The molecule has 1 aliphatic rings. The lowest BCUT2D eigenvalue weighted by molar-refractivity contribution is -0.167. The topological polar surface area (TPSA) is 49.4 Å². The Morgan fingerprint density at radius 2 is 2.05 bits per heavy atom. The van der Waals surface area contributed by atoms with E-state index in [0.717, 1.165) is 6.42 Å². The van der Waals surface area contributed by atoms with Crippen LogP contribution in [0.3, 0.4) is 0 Å². The molecule has 7 heteroatoms. The summed E-state index contributed by atoms with van der Waals surface area (Å²) in [5, 5.41) is 1.78. The van der Waals surface area contributed by atoms with Crippen LogP contribution in [0.2, 0.25) is 0 Å². The van der Waals surface area contributed by atoms with Crippen LogP contribution in [0.4, 0.5) is 24.5 Å². The number of halogens is 3. The van der Waals surface area contributed by atoms with Gasteiger partial charge in [0, 0.05) is 24.3 Å². The van der Waals surface area contributed by atoms with Crippen LogP contribution in [0.15, 0.2) is 18.2 Å². The number of nitrogens with zero attached hydrogens (tertiary/aromatic N) is 1. The monoisotopic (exact) mass is 286 g/mol. The molecule has 0 bridgehead atoms. The number of nitrogens with one attached hydrogen (secondary N) is 1. The van der Waals surface area contributed by atoms with Crippen molar-refractivity contribution in [1.82, 2.24) is 0 Å². The standard InChI is InChI=1S/C13H13F3N2O2/c1-8-7-9(17-12(20)13(14,15)16)4-5-10(8)18-6-2-3-11(18)19/h4-5,7H,2-3,6H2,1H3,(H,17,20). The molecule has 1 fully saturated rings. The Morgan fingerprint density at radius 1 is 1.35 bits per heavy atom. The molecule has 0 saturated carbocycles. The van der Waals surface area contributed by atoms with Crippen molar-refractivity contribution in [3.05, 3.63) is 23.8 Å². The van der Waals surface area contributed by atoms with Crippen molar-refractivity contribution in [2.24, 2.45) is 0 Å². The van der Waals surface area contributed by atoms with Gasteiger partial charge in [-0.1, -0.05) is 0 Å². The van der Waals surface area contributed by atoms with Gasteiger partial charge in [-0.25, -0.2) is 0 Å². The predicted octanol–water partition coefficient (Wildman–Crippen LogP) is 2.62. The first-order chi connectivity index (χ1) is 9.29. The quantitative estimate of drug-likeness (QED) is 0.908. The van der Waals surface area contributed by atoms with E-state index in [1.165, 1.54) is 12.1 Å². The van der Waals surface area contributed by atoms with Crippen LogP contribution in [-0.4, -0.2) is 24.5 Å². The fourth-order valence-corrected chi connectivity index (χ4v) is 2.14. The molecular weight excluding hydrogens is 273 g/mol. The minimum atomic E-state index is -4.92. The lowest BCUT2D eigenvalue weighted by atomic mass is 10.1. The van der Waals surface area contributed by atoms with Crippen molar-refractivity contribution in [3.8, 4) is 0 Å². The zero-order valence-corrected chi connectivity index (χ0v) is 10.8. The Labute approximate surface area is 113 Å². The number of benzene rings is 1. The van der Waals surface area contributed by atoms with Gasteiger partial charge in [-0.2, -0.15) is 13.2 Å². The minimum Gasteiger partial charge on any atom is -0.318 e. The Bertz CT molecular complexity index is 555. The van der Waals surface area contributed by atoms with Gasteiger partial charge in [-0.15, -0.1) is 0 Å². The molecule has 0 unspecified atom stereocenters. The third-order valence-electron chi connectivity index (χ3n) is 3.08. The fraction of sp³-hybridized carbons (Fsp3) is 0.385. The van der Waals surface area contributed by atoms with Crippen molar-refractivity contribution in [2.45, 2.75) is 25.9 Å². The lowest BCUT2D eigenvalue weighted by Gasteiger charge is -2.19. The van der Waals surface area contributed by atoms with Crippen molar-refractivity contribution in [2.75, 3.05) is 16.8 Å². The second-order valence-electron chi connectivity index (χ2n) is 4.60. The Balaban J connectivity index is 2.18. The van der Waals surface area contributed by atoms with Crippen molar-refractivity contribution >= 4 is 23.2 Å². The molecular formula is C13H13F3N2O2. The molecule has 0 aliphatic carbocycles. The van der Waals surface area contributed by atoms with Gasteiger partial charge in [0.1, 0.15) is 0 Å².